The van der Waals surface area contributed by atoms with E-state index in [1.54, 1.807) is 0 Å². The highest BCUT2D eigenvalue weighted by Gasteiger charge is 2.13. The van der Waals surface area contributed by atoms with Crippen LogP contribution in [0.15, 0.2) is 0 Å². The van der Waals surface area contributed by atoms with Crippen molar-refractivity contribution in [3.8, 4) is 0 Å². The SMILES string of the molecule is CCCCN(CCN)CC(=O)N(CC)CC. The van der Waals surface area contributed by atoms with Gasteiger partial charge in [0.15, 0.2) is 0 Å². The van der Waals surface area contributed by atoms with Crippen LogP contribution in [0, 0.1) is 0 Å². The minimum absolute atomic E-state index is 0.217. The molecule has 0 saturated heterocycles. The van der Waals surface area contributed by atoms with Gasteiger partial charge in [0.1, 0.15) is 0 Å². The second-order valence-corrected chi connectivity index (χ2v) is 3.98. The summed E-state index contributed by atoms with van der Waals surface area (Å²) in [5.74, 6) is 0.217. The van der Waals surface area contributed by atoms with E-state index in [9.17, 15) is 4.79 Å². The van der Waals surface area contributed by atoms with Crippen molar-refractivity contribution in [1.29, 1.82) is 0 Å². The molecule has 96 valence electrons. The van der Waals surface area contributed by atoms with Crippen molar-refractivity contribution in [3.05, 3.63) is 0 Å². The first-order chi connectivity index (χ1) is 7.69. The molecule has 0 aliphatic carbocycles. The van der Waals surface area contributed by atoms with Gasteiger partial charge in [0.2, 0.25) is 5.91 Å². The van der Waals surface area contributed by atoms with Crippen molar-refractivity contribution >= 4 is 5.91 Å². The lowest BCUT2D eigenvalue weighted by molar-refractivity contribution is -0.132. The first-order valence-electron chi connectivity index (χ1n) is 6.39. The Bertz CT molecular complexity index is 181. The standard InChI is InChI=1S/C12H27N3O/c1-4-7-9-14(10-8-13)11-12(16)15(5-2)6-3/h4-11,13H2,1-3H3. The van der Waals surface area contributed by atoms with Crippen LogP contribution in [-0.4, -0.2) is 55.0 Å². The van der Waals surface area contributed by atoms with Gasteiger partial charge in [0.25, 0.3) is 0 Å². The maximum Gasteiger partial charge on any atom is 0.236 e. The van der Waals surface area contributed by atoms with Crippen LogP contribution >= 0.6 is 0 Å². The summed E-state index contributed by atoms with van der Waals surface area (Å²) < 4.78 is 0. The Morgan fingerprint density at radius 2 is 1.75 bits per heavy atom. The van der Waals surface area contributed by atoms with Gasteiger partial charge in [-0.3, -0.25) is 9.69 Å². The summed E-state index contributed by atoms with van der Waals surface area (Å²) in [6, 6.07) is 0. The first kappa shape index (κ1) is 15.4. The van der Waals surface area contributed by atoms with Crippen molar-refractivity contribution in [3.63, 3.8) is 0 Å². The molecule has 16 heavy (non-hydrogen) atoms. The zero-order valence-corrected chi connectivity index (χ0v) is 11.0. The molecule has 0 aliphatic rings. The molecule has 0 rings (SSSR count). The van der Waals surface area contributed by atoms with Crippen LogP contribution in [0.25, 0.3) is 0 Å². The average Bonchev–Trinajstić information content (AvgIpc) is 2.28. The normalized spacial score (nSPS) is 10.8. The molecule has 4 heteroatoms. The fourth-order valence-corrected chi connectivity index (χ4v) is 1.70. The van der Waals surface area contributed by atoms with Crippen molar-refractivity contribution < 1.29 is 4.79 Å². The number of amides is 1. The van der Waals surface area contributed by atoms with E-state index in [0.717, 1.165) is 39.0 Å². The monoisotopic (exact) mass is 229 g/mol. The first-order valence-corrected chi connectivity index (χ1v) is 6.39. The lowest BCUT2D eigenvalue weighted by Gasteiger charge is -2.25. The third-order valence-electron chi connectivity index (χ3n) is 2.75. The number of nitrogens with zero attached hydrogens (tertiary/aromatic N) is 2. The van der Waals surface area contributed by atoms with Gasteiger partial charge < -0.3 is 10.6 Å². The van der Waals surface area contributed by atoms with Crippen molar-refractivity contribution in [2.45, 2.75) is 33.6 Å². The molecule has 0 aromatic heterocycles. The van der Waals surface area contributed by atoms with Crippen LogP contribution in [-0.2, 0) is 4.79 Å². The van der Waals surface area contributed by atoms with Crippen molar-refractivity contribution in [2.24, 2.45) is 5.73 Å². The molecule has 0 radical (unpaired) electrons. The predicted molar refractivity (Wildman–Crippen MR) is 68.3 cm³/mol. The van der Waals surface area contributed by atoms with Crippen LogP contribution in [0.1, 0.15) is 33.6 Å². The third kappa shape index (κ3) is 6.08. The number of hydrogen-bond donors (Lipinski definition) is 1. The summed E-state index contributed by atoms with van der Waals surface area (Å²) >= 11 is 0. The number of likely N-dealkylation sites (N-methyl/N-ethyl adjacent to an activating group) is 1. The Labute approximate surface area is 99.8 Å². The van der Waals surface area contributed by atoms with Crippen LogP contribution in [0.5, 0.6) is 0 Å². The molecule has 0 aliphatic heterocycles. The Kier molecular flexibility index (Phi) is 9.24. The Hall–Kier alpha value is -0.610. The fourth-order valence-electron chi connectivity index (χ4n) is 1.70. The van der Waals surface area contributed by atoms with Crippen molar-refractivity contribution in [2.75, 3.05) is 39.3 Å². The number of carbonyl (C=O) groups is 1. The highest BCUT2D eigenvalue weighted by Crippen LogP contribution is 1.97. The largest absolute Gasteiger partial charge is 0.342 e. The minimum atomic E-state index is 0.217. The lowest BCUT2D eigenvalue weighted by Crippen LogP contribution is -2.42. The zero-order valence-electron chi connectivity index (χ0n) is 11.0. The second-order valence-electron chi connectivity index (χ2n) is 3.98. The Balaban J connectivity index is 4.09. The lowest BCUT2D eigenvalue weighted by atomic mass is 10.3. The van der Waals surface area contributed by atoms with Gasteiger partial charge in [-0.2, -0.15) is 0 Å². The summed E-state index contributed by atoms with van der Waals surface area (Å²) in [7, 11) is 0. The smallest absolute Gasteiger partial charge is 0.236 e. The molecule has 0 spiro atoms. The highest BCUT2D eigenvalue weighted by atomic mass is 16.2. The van der Waals surface area contributed by atoms with E-state index >= 15 is 0 Å². The van der Waals surface area contributed by atoms with Crippen LogP contribution in [0.2, 0.25) is 0 Å². The Morgan fingerprint density at radius 1 is 1.12 bits per heavy atom. The highest BCUT2D eigenvalue weighted by molar-refractivity contribution is 5.78. The molecule has 0 aromatic carbocycles. The zero-order chi connectivity index (χ0) is 12.4. The molecule has 0 unspecified atom stereocenters. The number of rotatable bonds is 9. The summed E-state index contributed by atoms with van der Waals surface area (Å²) in [5, 5.41) is 0. The van der Waals surface area contributed by atoms with Gasteiger partial charge in [-0.05, 0) is 26.8 Å². The number of nitrogens with two attached hydrogens (primary N) is 1. The summed E-state index contributed by atoms with van der Waals surface area (Å²) in [5.41, 5.74) is 5.55. The second kappa shape index (κ2) is 9.60. The van der Waals surface area contributed by atoms with E-state index in [2.05, 4.69) is 11.8 Å². The Morgan fingerprint density at radius 3 is 2.19 bits per heavy atom. The molecular weight excluding hydrogens is 202 g/mol. The maximum atomic E-state index is 11.9. The van der Waals surface area contributed by atoms with E-state index in [-0.39, 0.29) is 5.91 Å². The van der Waals surface area contributed by atoms with Gasteiger partial charge in [0, 0.05) is 26.2 Å². The van der Waals surface area contributed by atoms with E-state index < -0.39 is 0 Å². The van der Waals surface area contributed by atoms with E-state index in [1.165, 1.54) is 0 Å². The van der Waals surface area contributed by atoms with E-state index in [4.69, 9.17) is 5.73 Å². The predicted octanol–water partition coefficient (Wildman–Crippen LogP) is 0.916. The van der Waals surface area contributed by atoms with E-state index in [0.29, 0.717) is 13.1 Å². The third-order valence-corrected chi connectivity index (χ3v) is 2.75. The summed E-state index contributed by atoms with van der Waals surface area (Å²) in [4.78, 5) is 15.9. The molecule has 0 bridgehead atoms. The molecule has 4 nitrogen and oxygen atoms in total. The molecule has 0 heterocycles. The molecule has 1 amide bonds. The molecule has 0 atom stereocenters. The maximum absolute atomic E-state index is 11.9. The topological polar surface area (TPSA) is 49.6 Å². The van der Waals surface area contributed by atoms with Gasteiger partial charge in [-0.1, -0.05) is 13.3 Å². The molecular formula is C12H27N3O. The minimum Gasteiger partial charge on any atom is -0.342 e. The quantitative estimate of drug-likeness (QED) is 0.639. The van der Waals surface area contributed by atoms with E-state index in [1.807, 2.05) is 18.7 Å². The summed E-state index contributed by atoms with van der Waals surface area (Å²) in [6.07, 6.45) is 2.28. The van der Waals surface area contributed by atoms with Gasteiger partial charge >= 0.3 is 0 Å². The van der Waals surface area contributed by atoms with Crippen LogP contribution < -0.4 is 5.73 Å². The molecule has 0 saturated carbocycles. The van der Waals surface area contributed by atoms with Gasteiger partial charge in [-0.25, -0.2) is 0 Å². The average molecular weight is 229 g/mol. The van der Waals surface area contributed by atoms with Crippen LogP contribution in [0.3, 0.4) is 0 Å². The number of unbranched alkanes of at least 4 members (excludes halogenated alkanes) is 1. The number of carbonyl (C=O) groups excluding carboxylic acids is 1. The van der Waals surface area contributed by atoms with Gasteiger partial charge in [-0.15, -0.1) is 0 Å². The van der Waals surface area contributed by atoms with Crippen LogP contribution in [0.4, 0.5) is 0 Å². The molecule has 2 N–H and O–H groups in total. The number of hydrogen-bond acceptors (Lipinski definition) is 3. The van der Waals surface area contributed by atoms with Gasteiger partial charge in [0.05, 0.1) is 6.54 Å². The fraction of sp³-hybridized carbons (Fsp3) is 0.917. The molecule has 0 fully saturated rings. The van der Waals surface area contributed by atoms with Crippen molar-refractivity contribution in [1.82, 2.24) is 9.80 Å². The molecule has 0 aromatic rings. The summed E-state index contributed by atoms with van der Waals surface area (Å²) in [6.45, 7) is 10.7.